The number of hydrogen-bond acceptors (Lipinski definition) is 3. The molecule has 5 heteroatoms. The molecule has 4 rings (SSSR count). The van der Waals surface area contributed by atoms with E-state index < -0.39 is 0 Å². The molecule has 2 aliphatic heterocycles. The topological polar surface area (TPSA) is 49.9 Å². The molecule has 1 saturated carbocycles. The van der Waals surface area contributed by atoms with Gasteiger partial charge in [-0.3, -0.25) is 9.59 Å². The molecule has 2 heterocycles. The molecular formula is C22H30N2O3. The fraction of sp³-hybridized carbons (Fsp3) is 0.636. The van der Waals surface area contributed by atoms with Gasteiger partial charge in [0.2, 0.25) is 11.8 Å². The Bertz CT molecular complexity index is 697. The molecule has 3 aliphatic rings. The van der Waals surface area contributed by atoms with Crippen LogP contribution in [0.25, 0.3) is 0 Å². The van der Waals surface area contributed by atoms with E-state index in [0.717, 1.165) is 63.1 Å². The van der Waals surface area contributed by atoms with E-state index in [1.807, 2.05) is 21.9 Å². The van der Waals surface area contributed by atoms with E-state index in [2.05, 4.69) is 6.07 Å². The van der Waals surface area contributed by atoms with Crippen molar-refractivity contribution < 1.29 is 14.3 Å². The van der Waals surface area contributed by atoms with Gasteiger partial charge < -0.3 is 14.5 Å². The molecule has 2 fully saturated rings. The Hall–Kier alpha value is -2.04. The summed E-state index contributed by atoms with van der Waals surface area (Å²) in [5, 5.41) is 0. The number of fused-ring (bicyclic) bond motifs is 1. The lowest BCUT2D eigenvalue weighted by atomic mass is 10.0. The van der Waals surface area contributed by atoms with Crippen molar-refractivity contribution in [1.82, 2.24) is 9.80 Å². The summed E-state index contributed by atoms with van der Waals surface area (Å²) in [7, 11) is 0. The summed E-state index contributed by atoms with van der Waals surface area (Å²) >= 11 is 0. The third-order valence-corrected chi connectivity index (χ3v) is 6.19. The number of carbonyl (C=O) groups excluding carboxylic acids is 2. The lowest BCUT2D eigenvalue weighted by Gasteiger charge is -2.24. The standard InChI is InChI=1S/C22H30N2O3/c25-21(16-17-8-9-20-19(15-17)7-3-14-27-20)23-10-4-11-24(13-12-23)22(26)18-5-1-2-6-18/h8-9,15,18H,1-7,10-14,16H2. The first-order chi connectivity index (χ1) is 13.2. The summed E-state index contributed by atoms with van der Waals surface area (Å²) in [6.07, 6.45) is 7.83. The van der Waals surface area contributed by atoms with E-state index in [0.29, 0.717) is 25.4 Å². The second-order valence-electron chi connectivity index (χ2n) is 8.11. The molecule has 0 N–H and O–H groups in total. The maximum absolute atomic E-state index is 12.8. The molecule has 0 spiro atoms. The maximum Gasteiger partial charge on any atom is 0.227 e. The number of aryl methyl sites for hydroxylation is 1. The maximum atomic E-state index is 12.8. The van der Waals surface area contributed by atoms with Crippen molar-refractivity contribution in [2.75, 3.05) is 32.8 Å². The van der Waals surface area contributed by atoms with Gasteiger partial charge in [-0.05, 0) is 49.3 Å². The largest absolute Gasteiger partial charge is 0.493 e. The molecule has 0 atom stereocenters. The monoisotopic (exact) mass is 370 g/mol. The Morgan fingerprint density at radius 2 is 1.74 bits per heavy atom. The molecule has 146 valence electrons. The Morgan fingerprint density at radius 1 is 0.963 bits per heavy atom. The lowest BCUT2D eigenvalue weighted by Crippen LogP contribution is -2.39. The molecule has 1 aliphatic carbocycles. The average molecular weight is 370 g/mol. The summed E-state index contributed by atoms with van der Waals surface area (Å²) in [6, 6.07) is 6.14. The van der Waals surface area contributed by atoms with Crippen molar-refractivity contribution in [3.8, 4) is 5.75 Å². The van der Waals surface area contributed by atoms with E-state index in [9.17, 15) is 9.59 Å². The normalized spacial score (nSPS) is 20.7. The van der Waals surface area contributed by atoms with Crippen molar-refractivity contribution in [3.05, 3.63) is 29.3 Å². The van der Waals surface area contributed by atoms with Crippen LogP contribution in [-0.4, -0.2) is 54.4 Å². The summed E-state index contributed by atoms with van der Waals surface area (Å²) in [5.74, 6) is 1.68. The van der Waals surface area contributed by atoms with Crippen LogP contribution < -0.4 is 4.74 Å². The number of benzene rings is 1. The summed E-state index contributed by atoms with van der Waals surface area (Å²) in [6.45, 7) is 3.66. The quantitative estimate of drug-likeness (QED) is 0.822. The van der Waals surface area contributed by atoms with Crippen molar-refractivity contribution in [2.24, 2.45) is 5.92 Å². The van der Waals surface area contributed by atoms with E-state index in [-0.39, 0.29) is 11.8 Å². The minimum Gasteiger partial charge on any atom is -0.493 e. The highest BCUT2D eigenvalue weighted by Crippen LogP contribution is 2.27. The third-order valence-electron chi connectivity index (χ3n) is 6.19. The van der Waals surface area contributed by atoms with E-state index >= 15 is 0 Å². The highest BCUT2D eigenvalue weighted by Gasteiger charge is 2.29. The van der Waals surface area contributed by atoms with Crippen LogP contribution in [0.4, 0.5) is 0 Å². The van der Waals surface area contributed by atoms with E-state index in [4.69, 9.17) is 4.74 Å². The second kappa shape index (κ2) is 8.32. The highest BCUT2D eigenvalue weighted by atomic mass is 16.5. The third kappa shape index (κ3) is 4.28. The molecule has 0 bridgehead atoms. The van der Waals surface area contributed by atoms with Crippen molar-refractivity contribution in [1.29, 1.82) is 0 Å². The van der Waals surface area contributed by atoms with Crippen molar-refractivity contribution in [3.63, 3.8) is 0 Å². The summed E-state index contributed by atoms with van der Waals surface area (Å²) in [4.78, 5) is 29.4. The van der Waals surface area contributed by atoms with Gasteiger partial charge in [0.05, 0.1) is 13.0 Å². The molecule has 0 unspecified atom stereocenters. The van der Waals surface area contributed by atoms with Crippen LogP contribution >= 0.6 is 0 Å². The van der Waals surface area contributed by atoms with Gasteiger partial charge in [-0.15, -0.1) is 0 Å². The van der Waals surface area contributed by atoms with Crippen LogP contribution in [0.2, 0.25) is 0 Å². The number of hydrogen-bond donors (Lipinski definition) is 0. The number of rotatable bonds is 3. The first-order valence-corrected chi connectivity index (χ1v) is 10.5. The molecule has 1 aromatic carbocycles. The van der Waals surface area contributed by atoms with Gasteiger partial charge in [0.25, 0.3) is 0 Å². The smallest absolute Gasteiger partial charge is 0.227 e. The second-order valence-corrected chi connectivity index (χ2v) is 8.11. The first-order valence-electron chi connectivity index (χ1n) is 10.5. The molecule has 1 saturated heterocycles. The Morgan fingerprint density at radius 3 is 2.59 bits per heavy atom. The molecule has 0 aromatic heterocycles. The van der Waals surface area contributed by atoms with Crippen molar-refractivity contribution in [2.45, 2.75) is 51.4 Å². The van der Waals surface area contributed by atoms with Gasteiger partial charge in [0.1, 0.15) is 5.75 Å². The van der Waals surface area contributed by atoms with Crippen LogP contribution in [0.3, 0.4) is 0 Å². The van der Waals surface area contributed by atoms with Crippen LogP contribution in [0.5, 0.6) is 5.75 Å². The van der Waals surface area contributed by atoms with Crippen LogP contribution in [-0.2, 0) is 22.4 Å². The summed E-state index contributed by atoms with van der Waals surface area (Å²) in [5.41, 5.74) is 2.28. The number of amides is 2. The van der Waals surface area contributed by atoms with E-state index in [1.54, 1.807) is 0 Å². The number of carbonyl (C=O) groups is 2. The van der Waals surface area contributed by atoms with E-state index in [1.165, 1.54) is 18.4 Å². The minimum atomic E-state index is 0.168. The molecule has 2 amide bonds. The number of ether oxygens (including phenoxy) is 1. The molecule has 0 radical (unpaired) electrons. The fourth-order valence-electron chi connectivity index (χ4n) is 4.63. The van der Waals surface area contributed by atoms with Crippen LogP contribution in [0.1, 0.15) is 49.7 Å². The highest BCUT2D eigenvalue weighted by molar-refractivity contribution is 5.80. The Kier molecular flexibility index (Phi) is 5.65. The minimum absolute atomic E-state index is 0.168. The Balaban J connectivity index is 1.33. The molecule has 27 heavy (non-hydrogen) atoms. The zero-order valence-corrected chi connectivity index (χ0v) is 16.1. The van der Waals surface area contributed by atoms with Gasteiger partial charge >= 0.3 is 0 Å². The molecule has 5 nitrogen and oxygen atoms in total. The summed E-state index contributed by atoms with van der Waals surface area (Å²) < 4.78 is 5.66. The molecule has 1 aromatic rings. The lowest BCUT2D eigenvalue weighted by molar-refractivity contribution is -0.136. The predicted molar refractivity (Wildman–Crippen MR) is 104 cm³/mol. The average Bonchev–Trinajstić information content (AvgIpc) is 3.11. The van der Waals surface area contributed by atoms with Gasteiger partial charge in [0, 0.05) is 32.1 Å². The van der Waals surface area contributed by atoms with Gasteiger partial charge in [0.15, 0.2) is 0 Å². The number of nitrogens with zero attached hydrogens (tertiary/aromatic N) is 2. The Labute approximate surface area is 161 Å². The SMILES string of the molecule is O=C(Cc1ccc2c(c1)CCCO2)N1CCCN(C(=O)C2CCCC2)CC1. The fourth-order valence-corrected chi connectivity index (χ4v) is 4.63. The predicted octanol–water partition coefficient (Wildman–Crippen LogP) is 2.81. The van der Waals surface area contributed by atoms with Crippen LogP contribution in [0.15, 0.2) is 18.2 Å². The van der Waals surface area contributed by atoms with Crippen LogP contribution in [0, 0.1) is 5.92 Å². The zero-order chi connectivity index (χ0) is 18.6. The van der Waals surface area contributed by atoms with Gasteiger partial charge in [-0.2, -0.15) is 0 Å². The zero-order valence-electron chi connectivity index (χ0n) is 16.1. The van der Waals surface area contributed by atoms with Gasteiger partial charge in [-0.25, -0.2) is 0 Å². The van der Waals surface area contributed by atoms with Crippen molar-refractivity contribution >= 4 is 11.8 Å². The van der Waals surface area contributed by atoms with Gasteiger partial charge in [-0.1, -0.05) is 25.0 Å². The first kappa shape index (κ1) is 18.3. The molecular weight excluding hydrogens is 340 g/mol.